The Morgan fingerprint density at radius 1 is 1.12 bits per heavy atom. The summed E-state index contributed by atoms with van der Waals surface area (Å²) in [4.78, 5) is 18.6. The molecule has 0 saturated heterocycles. The smallest absolute Gasteiger partial charge is 0.231 e. The third-order valence-electron chi connectivity index (χ3n) is 5.82. The fourth-order valence-electron chi connectivity index (χ4n) is 4.35. The number of hydrogen-bond acceptors (Lipinski definition) is 4. The third kappa shape index (κ3) is 3.63. The predicted octanol–water partition coefficient (Wildman–Crippen LogP) is 4.46. The molecule has 2 aromatic rings. The average molecular weight is 371 g/mol. The number of carbonyl (C=O) groups excluding carboxylic acids is 1. The van der Waals surface area contributed by atoms with Crippen molar-refractivity contribution in [3.8, 4) is 5.88 Å². The standard InChI is InChI=1S/C21H26N2O2S/c24-20(21(12-2-3-13-21)18-6-5-15-26-18)23-16-8-10-17(11-9-16)25-19-7-1-4-14-22-19/h1,4-7,14-17H,2-3,8-13H2,(H,23,24). The first kappa shape index (κ1) is 17.5. The molecule has 4 rings (SSSR count). The van der Waals surface area contributed by atoms with Gasteiger partial charge in [0.15, 0.2) is 0 Å². The first-order chi connectivity index (χ1) is 12.8. The molecule has 26 heavy (non-hydrogen) atoms. The van der Waals surface area contributed by atoms with Gasteiger partial charge in [-0.2, -0.15) is 0 Å². The van der Waals surface area contributed by atoms with E-state index in [1.807, 2.05) is 18.2 Å². The second kappa shape index (κ2) is 7.78. The monoisotopic (exact) mass is 370 g/mol. The maximum Gasteiger partial charge on any atom is 0.231 e. The number of rotatable bonds is 5. The quantitative estimate of drug-likeness (QED) is 0.845. The molecule has 2 aliphatic carbocycles. The van der Waals surface area contributed by atoms with Crippen molar-refractivity contribution < 1.29 is 9.53 Å². The summed E-state index contributed by atoms with van der Waals surface area (Å²) in [5.41, 5.74) is -0.282. The van der Waals surface area contributed by atoms with Crippen molar-refractivity contribution in [2.24, 2.45) is 0 Å². The first-order valence-electron chi connectivity index (χ1n) is 9.69. The average Bonchev–Trinajstić information content (AvgIpc) is 3.37. The molecular formula is C21H26N2O2S. The van der Waals surface area contributed by atoms with Crippen LogP contribution >= 0.6 is 11.3 Å². The Kier molecular flexibility index (Phi) is 5.25. The second-order valence-electron chi connectivity index (χ2n) is 7.50. The molecule has 2 fully saturated rings. The van der Waals surface area contributed by atoms with Crippen LogP contribution in [0.3, 0.4) is 0 Å². The van der Waals surface area contributed by atoms with E-state index in [2.05, 4.69) is 27.8 Å². The lowest BCUT2D eigenvalue weighted by atomic mass is 9.82. The normalized spacial score (nSPS) is 24.9. The van der Waals surface area contributed by atoms with E-state index >= 15 is 0 Å². The van der Waals surface area contributed by atoms with Crippen molar-refractivity contribution in [3.05, 3.63) is 46.8 Å². The Morgan fingerprint density at radius 3 is 2.58 bits per heavy atom. The van der Waals surface area contributed by atoms with E-state index in [1.165, 1.54) is 4.88 Å². The highest BCUT2D eigenvalue weighted by Gasteiger charge is 2.44. The predicted molar refractivity (Wildman–Crippen MR) is 104 cm³/mol. The lowest BCUT2D eigenvalue weighted by molar-refractivity contribution is -0.127. The lowest BCUT2D eigenvalue weighted by Crippen LogP contribution is -2.48. The summed E-state index contributed by atoms with van der Waals surface area (Å²) in [7, 11) is 0. The Hall–Kier alpha value is -1.88. The molecule has 0 spiro atoms. The third-order valence-corrected chi connectivity index (χ3v) is 6.89. The Bertz CT molecular complexity index is 703. The van der Waals surface area contributed by atoms with Gasteiger partial charge in [0.2, 0.25) is 11.8 Å². The molecule has 0 aromatic carbocycles. The maximum absolute atomic E-state index is 13.2. The summed E-state index contributed by atoms with van der Waals surface area (Å²) in [6, 6.07) is 10.2. The molecule has 0 atom stereocenters. The van der Waals surface area contributed by atoms with Gasteiger partial charge in [0, 0.05) is 23.2 Å². The molecule has 0 radical (unpaired) electrons. The molecule has 2 aromatic heterocycles. The number of amides is 1. The molecule has 0 bridgehead atoms. The number of ether oxygens (including phenoxy) is 1. The minimum atomic E-state index is -0.282. The van der Waals surface area contributed by atoms with Crippen molar-refractivity contribution >= 4 is 17.2 Å². The number of hydrogen-bond donors (Lipinski definition) is 1. The van der Waals surface area contributed by atoms with E-state index in [0.717, 1.165) is 51.4 Å². The number of aromatic nitrogens is 1. The summed E-state index contributed by atoms with van der Waals surface area (Å²) in [6.07, 6.45) is 10.1. The molecule has 2 heterocycles. The van der Waals surface area contributed by atoms with Gasteiger partial charge in [0.05, 0.1) is 5.41 Å². The van der Waals surface area contributed by atoms with Crippen molar-refractivity contribution in [3.63, 3.8) is 0 Å². The van der Waals surface area contributed by atoms with Crippen LogP contribution in [0.5, 0.6) is 5.88 Å². The number of carbonyl (C=O) groups is 1. The van der Waals surface area contributed by atoms with Crippen LogP contribution in [-0.2, 0) is 10.2 Å². The van der Waals surface area contributed by atoms with Crippen molar-refractivity contribution in [2.75, 3.05) is 0 Å². The lowest BCUT2D eigenvalue weighted by Gasteiger charge is -2.33. The zero-order valence-corrected chi connectivity index (χ0v) is 15.8. The Balaban J connectivity index is 1.33. The number of nitrogens with zero attached hydrogens (tertiary/aromatic N) is 1. The zero-order valence-electron chi connectivity index (χ0n) is 15.0. The highest BCUT2D eigenvalue weighted by molar-refractivity contribution is 7.10. The van der Waals surface area contributed by atoms with Crippen LogP contribution in [-0.4, -0.2) is 23.0 Å². The second-order valence-corrected chi connectivity index (χ2v) is 8.45. The van der Waals surface area contributed by atoms with Gasteiger partial charge in [-0.3, -0.25) is 4.79 Å². The summed E-state index contributed by atoms with van der Waals surface area (Å²) in [5, 5.41) is 5.46. The summed E-state index contributed by atoms with van der Waals surface area (Å²) >= 11 is 1.72. The topological polar surface area (TPSA) is 51.2 Å². The molecule has 1 amide bonds. The molecule has 4 nitrogen and oxygen atoms in total. The Morgan fingerprint density at radius 2 is 1.92 bits per heavy atom. The number of pyridine rings is 1. The van der Waals surface area contributed by atoms with E-state index in [9.17, 15) is 4.79 Å². The van der Waals surface area contributed by atoms with Crippen LogP contribution in [0.15, 0.2) is 41.9 Å². The van der Waals surface area contributed by atoms with Crippen LogP contribution in [0.1, 0.15) is 56.2 Å². The largest absolute Gasteiger partial charge is 0.474 e. The fourth-order valence-corrected chi connectivity index (χ4v) is 5.33. The van der Waals surface area contributed by atoms with E-state index in [4.69, 9.17) is 4.74 Å². The van der Waals surface area contributed by atoms with Gasteiger partial charge in [-0.25, -0.2) is 4.98 Å². The fraction of sp³-hybridized carbons (Fsp3) is 0.524. The highest BCUT2D eigenvalue weighted by Crippen LogP contribution is 2.43. The summed E-state index contributed by atoms with van der Waals surface area (Å²) in [5.74, 6) is 0.939. The van der Waals surface area contributed by atoms with Crippen LogP contribution in [0.25, 0.3) is 0 Å². The molecule has 5 heteroatoms. The highest BCUT2D eigenvalue weighted by atomic mass is 32.1. The van der Waals surface area contributed by atoms with E-state index in [-0.39, 0.29) is 23.5 Å². The SMILES string of the molecule is O=C(NC1CCC(Oc2ccccn2)CC1)C1(c2cccs2)CCCC1. The van der Waals surface area contributed by atoms with E-state index < -0.39 is 0 Å². The van der Waals surface area contributed by atoms with E-state index in [1.54, 1.807) is 17.5 Å². The van der Waals surface area contributed by atoms with Gasteiger partial charge in [0.25, 0.3) is 0 Å². The summed E-state index contributed by atoms with van der Waals surface area (Å²) < 4.78 is 5.96. The molecule has 138 valence electrons. The summed E-state index contributed by atoms with van der Waals surface area (Å²) in [6.45, 7) is 0. The Labute approximate surface area is 159 Å². The van der Waals surface area contributed by atoms with Crippen molar-refractivity contribution in [1.82, 2.24) is 10.3 Å². The van der Waals surface area contributed by atoms with Crippen molar-refractivity contribution in [2.45, 2.75) is 68.9 Å². The van der Waals surface area contributed by atoms with Gasteiger partial charge in [-0.1, -0.05) is 25.0 Å². The van der Waals surface area contributed by atoms with Crippen LogP contribution in [0, 0.1) is 0 Å². The molecule has 1 N–H and O–H groups in total. The van der Waals surface area contributed by atoms with Gasteiger partial charge in [-0.15, -0.1) is 11.3 Å². The minimum Gasteiger partial charge on any atom is -0.474 e. The minimum absolute atomic E-state index is 0.204. The van der Waals surface area contributed by atoms with Gasteiger partial charge in [0.1, 0.15) is 6.10 Å². The van der Waals surface area contributed by atoms with Gasteiger partial charge >= 0.3 is 0 Å². The molecule has 0 unspecified atom stereocenters. The van der Waals surface area contributed by atoms with Gasteiger partial charge < -0.3 is 10.1 Å². The van der Waals surface area contributed by atoms with Crippen LogP contribution in [0.2, 0.25) is 0 Å². The zero-order chi connectivity index (χ0) is 17.8. The first-order valence-corrected chi connectivity index (χ1v) is 10.6. The van der Waals surface area contributed by atoms with Crippen molar-refractivity contribution in [1.29, 1.82) is 0 Å². The van der Waals surface area contributed by atoms with Crippen LogP contribution in [0.4, 0.5) is 0 Å². The molecule has 2 saturated carbocycles. The number of thiophene rings is 1. The number of nitrogens with one attached hydrogen (secondary N) is 1. The molecule has 2 aliphatic rings. The molecular weight excluding hydrogens is 344 g/mol. The van der Waals surface area contributed by atoms with Gasteiger partial charge in [-0.05, 0) is 56.0 Å². The van der Waals surface area contributed by atoms with E-state index in [0.29, 0.717) is 5.88 Å². The maximum atomic E-state index is 13.2. The van der Waals surface area contributed by atoms with Crippen LogP contribution < -0.4 is 10.1 Å². The molecule has 0 aliphatic heterocycles.